The predicted molar refractivity (Wildman–Crippen MR) is 79.8 cm³/mol. The number of likely N-dealkylation sites (tertiary alicyclic amines) is 1. The van der Waals surface area contributed by atoms with Gasteiger partial charge in [0.15, 0.2) is 0 Å². The maximum absolute atomic E-state index is 12.8. The van der Waals surface area contributed by atoms with Gasteiger partial charge in [-0.25, -0.2) is 4.79 Å². The topological polar surface area (TPSA) is 57.6 Å². The highest BCUT2D eigenvalue weighted by Gasteiger charge is 2.43. The summed E-state index contributed by atoms with van der Waals surface area (Å²) in [5.41, 5.74) is 0. The van der Waals surface area contributed by atoms with E-state index in [2.05, 4.69) is 0 Å². The van der Waals surface area contributed by atoms with Crippen LogP contribution in [0.1, 0.15) is 70.6 Å². The zero-order chi connectivity index (χ0) is 14.8. The minimum absolute atomic E-state index is 0.117. The first-order chi connectivity index (χ1) is 10.2. The molecule has 0 aromatic rings. The highest BCUT2D eigenvalue weighted by atomic mass is 16.4. The summed E-state index contributed by atoms with van der Waals surface area (Å²) in [6.07, 6.45) is 11.5. The van der Waals surface area contributed by atoms with E-state index in [4.69, 9.17) is 0 Å². The molecule has 3 aliphatic rings. The van der Waals surface area contributed by atoms with Crippen molar-refractivity contribution >= 4 is 11.9 Å². The second-order valence-corrected chi connectivity index (χ2v) is 7.20. The highest BCUT2D eigenvalue weighted by Crippen LogP contribution is 2.39. The van der Waals surface area contributed by atoms with E-state index in [1.807, 2.05) is 0 Å². The SMILES string of the molecule is O=C(O)C1CCC2CCCCC2N1C(=O)CC1CCCC1. The minimum atomic E-state index is -0.807. The van der Waals surface area contributed by atoms with E-state index in [1.54, 1.807) is 4.90 Å². The number of carbonyl (C=O) groups is 2. The molecule has 118 valence electrons. The standard InChI is InChI=1S/C17H27NO3/c19-16(11-12-5-1-2-6-12)18-14-8-4-3-7-13(14)9-10-15(18)17(20)21/h12-15H,1-11H2,(H,20,21). The van der Waals surface area contributed by atoms with Gasteiger partial charge in [0.2, 0.25) is 5.91 Å². The van der Waals surface area contributed by atoms with Crippen LogP contribution in [-0.2, 0) is 9.59 Å². The second kappa shape index (κ2) is 6.37. The van der Waals surface area contributed by atoms with Crippen molar-refractivity contribution in [1.29, 1.82) is 0 Å². The van der Waals surface area contributed by atoms with E-state index in [0.717, 1.165) is 32.1 Å². The quantitative estimate of drug-likeness (QED) is 0.869. The van der Waals surface area contributed by atoms with Crippen LogP contribution in [0.2, 0.25) is 0 Å². The fourth-order valence-electron chi connectivity index (χ4n) is 4.80. The molecule has 4 nitrogen and oxygen atoms in total. The van der Waals surface area contributed by atoms with Gasteiger partial charge in [-0.3, -0.25) is 4.79 Å². The van der Waals surface area contributed by atoms with Gasteiger partial charge in [-0.05, 0) is 50.4 Å². The number of carboxylic acid groups (broad SMARTS) is 1. The van der Waals surface area contributed by atoms with Gasteiger partial charge >= 0.3 is 5.97 Å². The van der Waals surface area contributed by atoms with Crippen molar-refractivity contribution in [2.45, 2.75) is 82.7 Å². The summed E-state index contributed by atoms with van der Waals surface area (Å²) in [6.45, 7) is 0. The van der Waals surface area contributed by atoms with Gasteiger partial charge in [-0.2, -0.15) is 0 Å². The number of nitrogens with zero attached hydrogens (tertiary/aromatic N) is 1. The van der Waals surface area contributed by atoms with Crippen LogP contribution < -0.4 is 0 Å². The average Bonchev–Trinajstić information content (AvgIpc) is 2.98. The van der Waals surface area contributed by atoms with Crippen molar-refractivity contribution in [2.24, 2.45) is 11.8 Å². The maximum atomic E-state index is 12.8. The summed E-state index contributed by atoms with van der Waals surface area (Å²) >= 11 is 0. The Morgan fingerprint density at radius 2 is 1.57 bits per heavy atom. The van der Waals surface area contributed by atoms with Gasteiger partial charge in [0.1, 0.15) is 6.04 Å². The van der Waals surface area contributed by atoms with Gasteiger partial charge in [0.25, 0.3) is 0 Å². The lowest BCUT2D eigenvalue weighted by Gasteiger charge is -2.47. The largest absolute Gasteiger partial charge is 0.480 e. The molecule has 0 aromatic heterocycles. The van der Waals surface area contributed by atoms with Crippen molar-refractivity contribution < 1.29 is 14.7 Å². The molecule has 3 unspecified atom stereocenters. The van der Waals surface area contributed by atoms with Crippen LogP contribution in [-0.4, -0.2) is 34.0 Å². The molecule has 1 aliphatic heterocycles. The van der Waals surface area contributed by atoms with Crippen LogP contribution in [0.3, 0.4) is 0 Å². The zero-order valence-electron chi connectivity index (χ0n) is 12.8. The summed E-state index contributed by atoms with van der Waals surface area (Å²) in [5.74, 6) is 0.350. The number of hydrogen-bond donors (Lipinski definition) is 1. The molecule has 1 saturated heterocycles. The van der Waals surface area contributed by atoms with Crippen LogP contribution in [0, 0.1) is 11.8 Å². The molecular weight excluding hydrogens is 266 g/mol. The summed E-state index contributed by atoms with van der Waals surface area (Å²) < 4.78 is 0. The van der Waals surface area contributed by atoms with Gasteiger partial charge in [0, 0.05) is 12.5 Å². The normalized spacial score (nSPS) is 33.7. The maximum Gasteiger partial charge on any atom is 0.326 e. The molecule has 1 N–H and O–H groups in total. The number of amides is 1. The fourth-order valence-corrected chi connectivity index (χ4v) is 4.80. The zero-order valence-corrected chi connectivity index (χ0v) is 12.8. The van der Waals surface area contributed by atoms with Gasteiger partial charge in [-0.1, -0.05) is 25.7 Å². The summed E-state index contributed by atoms with van der Waals surface area (Å²) in [7, 11) is 0. The Morgan fingerprint density at radius 1 is 0.905 bits per heavy atom. The predicted octanol–water partition coefficient (Wildman–Crippen LogP) is 3.20. The lowest BCUT2D eigenvalue weighted by Crippen LogP contribution is -2.57. The van der Waals surface area contributed by atoms with E-state index < -0.39 is 12.0 Å². The smallest absolute Gasteiger partial charge is 0.326 e. The molecule has 3 rings (SSSR count). The lowest BCUT2D eigenvalue weighted by molar-refractivity contribution is -0.158. The molecule has 21 heavy (non-hydrogen) atoms. The Labute approximate surface area is 126 Å². The monoisotopic (exact) mass is 293 g/mol. The van der Waals surface area contributed by atoms with Gasteiger partial charge < -0.3 is 10.0 Å². The minimum Gasteiger partial charge on any atom is -0.480 e. The lowest BCUT2D eigenvalue weighted by atomic mass is 9.76. The summed E-state index contributed by atoms with van der Waals surface area (Å²) in [5, 5.41) is 9.51. The van der Waals surface area contributed by atoms with Crippen LogP contribution in [0.15, 0.2) is 0 Å². The fraction of sp³-hybridized carbons (Fsp3) is 0.882. The van der Waals surface area contributed by atoms with E-state index in [0.29, 0.717) is 24.7 Å². The second-order valence-electron chi connectivity index (χ2n) is 7.20. The third-order valence-corrected chi connectivity index (χ3v) is 5.88. The van der Waals surface area contributed by atoms with Crippen molar-refractivity contribution in [3.63, 3.8) is 0 Å². The van der Waals surface area contributed by atoms with Crippen LogP contribution >= 0.6 is 0 Å². The Kier molecular flexibility index (Phi) is 4.51. The molecule has 2 aliphatic carbocycles. The first kappa shape index (κ1) is 14.9. The molecule has 2 saturated carbocycles. The van der Waals surface area contributed by atoms with Crippen molar-refractivity contribution in [2.75, 3.05) is 0 Å². The number of carbonyl (C=O) groups excluding carboxylic acids is 1. The molecule has 3 fully saturated rings. The number of carboxylic acids is 1. The number of fused-ring (bicyclic) bond motifs is 1. The Hall–Kier alpha value is -1.06. The molecular formula is C17H27NO3. The number of hydrogen-bond acceptors (Lipinski definition) is 2. The van der Waals surface area contributed by atoms with Crippen molar-refractivity contribution in [3.8, 4) is 0 Å². The molecule has 0 spiro atoms. The Bertz CT molecular complexity index is 403. The average molecular weight is 293 g/mol. The first-order valence-corrected chi connectivity index (χ1v) is 8.71. The summed E-state index contributed by atoms with van der Waals surface area (Å²) in [4.78, 5) is 26.2. The van der Waals surface area contributed by atoms with Gasteiger partial charge in [0.05, 0.1) is 0 Å². The summed E-state index contributed by atoms with van der Waals surface area (Å²) in [6, 6.07) is -0.374. The number of rotatable bonds is 3. The van der Waals surface area contributed by atoms with E-state index >= 15 is 0 Å². The van der Waals surface area contributed by atoms with E-state index in [-0.39, 0.29) is 11.9 Å². The van der Waals surface area contributed by atoms with Crippen LogP contribution in [0.5, 0.6) is 0 Å². The number of aliphatic carboxylic acids is 1. The first-order valence-electron chi connectivity index (χ1n) is 8.71. The van der Waals surface area contributed by atoms with Crippen LogP contribution in [0.4, 0.5) is 0 Å². The van der Waals surface area contributed by atoms with Gasteiger partial charge in [-0.15, -0.1) is 0 Å². The van der Waals surface area contributed by atoms with Crippen LogP contribution in [0.25, 0.3) is 0 Å². The third-order valence-electron chi connectivity index (χ3n) is 5.88. The number of piperidine rings is 1. The van der Waals surface area contributed by atoms with E-state index in [1.165, 1.54) is 25.7 Å². The Morgan fingerprint density at radius 3 is 2.29 bits per heavy atom. The molecule has 4 heteroatoms. The molecule has 0 radical (unpaired) electrons. The van der Waals surface area contributed by atoms with Crippen molar-refractivity contribution in [3.05, 3.63) is 0 Å². The Balaban J connectivity index is 1.74. The molecule has 1 heterocycles. The molecule has 0 bridgehead atoms. The molecule has 3 atom stereocenters. The molecule has 0 aromatic carbocycles. The van der Waals surface area contributed by atoms with E-state index in [9.17, 15) is 14.7 Å². The third kappa shape index (κ3) is 3.09. The molecule has 1 amide bonds. The highest BCUT2D eigenvalue weighted by molar-refractivity contribution is 5.84. The van der Waals surface area contributed by atoms with Crippen molar-refractivity contribution in [1.82, 2.24) is 4.90 Å².